The fourth-order valence-corrected chi connectivity index (χ4v) is 3.66. The molecule has 0 saturated carbocycles. The first-order valence-corrected chi connectivity index (χ1v) is 9.49. The molecule has 0 heterocycles. The zero-order valence-electron chi connectivity index (χ0n) is 15.8. The fourth-order valence-electron chi connectivity index (χ4n) is 3.66. The molecule has 148 valence electrons. The Bertz CT molecular complexity index is 807. The number of carbonyl (C=O) groups excluding carboxylic acids is 1. The van der Waals surface area contributed by atoms with Crippen molar-refractivity contribution >= 4 is 12.0 Å². The van der Waals surface area contributed by atoms with E-state index in [0.29, 0.717) is 13.2 Å². The number of ether oxygens (including phenoxy) is 1. The van der Waals surface area contributed by atoms with Gasteiger partial charge in [-0.1, -0.05) is 36.4 Å². The SMILES string of the molecule is O=C(C=Cc1ccc2c(c1)CCC2N(CCO)CCOc1ccccc1)NO. The fraction of sp³-hybridized carbons (Fsp3) is 0.318. The van der Waals surface area contributed by atoms with Crippen molar-refractivity contribution < 1.29 is 19.8 Å². The molecule has 0 spiro atoms. The van der Waals surface area contributed by atoms with Gasteiger partial charge in [-0.05, 0) is 47.7 Å². The number of para-hydroxylation sites is 1. The minimum atomic E-state index is -0.550. The van der Waals surface area contributed by atoms with Gasteiger partial charge in [-0.25, -0.2) is 5.48 Å². The molecule has 1 amide bonds. The number of aryl methyl sites for hydroxylation is 1. The maximum absolute atomic E-state index is 11.1. The molecular formula is C22H26N2O4. The highest BCUT2D eigenvalue weighted by Crippen LogP contribution is 2.36. The summed E-state index contributed by atoms with van der Waals surface area (Å²) in [6.07, 6.45) is 4.92. The Morgan fingerprint density at radius 2 is 2.04 bits per heavy atom. The second-order valence-corrected chi connectivity index (χ2v) is 6.74. The predicted molar refractivity (Wildman–Crippen MR) is 107 cm³/mol. The maximum Gasteiger partial charge on any atom is 0.267 e. The summed E-state index contributed by atoms with van der Waals surface area (Å²) in [5.41, 5.74) is 5.02. The number of carbonyl (C=O) groups is 1. The van der Waals surface area contributed by atoms with Crippen molar-refractivity contribution in [1.82, 2.24) is 10.4 Å². The Balaban J connectivity index is 1.65. The molecule has 6 nitrogen and oxygen atoms in total. The van der Waals surface area contributed by atoms with E-state index < -0.39 is 5.91 Å². The van der Waals surface area contributed by atoms with Gasteiger partial charge in [0.05, 0.1) is 6.61 Å². The molecular weight excluding hydrogens is 356 g/mol. The van der Waals surface area contributed by atoms with Crippen LogP contribution in [0.1, 0.15) is 29.2 Å². The van der Waals surface area contributed by atoms with E-state index in [1.54, 1.807) is 11.6 Å². The van der Waals surface area contributed by atoms with E-state index >= 15 is 0 Å². The zero-order chi connectivity index (χ0) is 19.8. The molecule has 0 fully saturated rings. The first kappa shape index (κ1) is 20.1. The largest absolute Gasteiger partial charge is 0.492 e. The Morgan fingerprint density at radius 1 is 1.21 bits per heavy atom. The molecule has 1 aliphatic rings. The van der Waals surface area contributed by atoms with Crippen LogP contribution in [-0.2, 0) is 11.2 Å². The van der Waals surface area contributed by atoms with Crippen LogP contribution in [-0.4, -0.2) is 47.4 Å². The highest BCUT2D eigenvalue weighted by atomic mass is 16.5. The molecule has 0 aromatic heterocycles. The summed E-state index contributed by atoms with van der Waals surface area (Å²) in [5, 5.41) is 18.1. The maximum atomic E-state index is 11.1. The van der Waals surface area contributed by atoms with Gasteiger partial charge in [-0.15, -0.1) is 0 Å². The summed E-state index contributed by atoms with van der Waals surface area (Å²) < 4.78 is 5.82. The van der Waals surface area contributed by atoms with Crippen LogP contribution in [0.15, 0.2) is 54.6 Å². The average molecular weight is 382 g/mol. The summed E-state index contributed by atoms with van der Waals surface area (Å²) in [4.78, 5) is 13.4. The van der Waals surface area contributed by atoms with Gasteiger partial charge >= 0.3 is 0 Å². The summed E-state index contributed by atoms with van der Waals surface area (Å²) in [6.45, 7) is 2.00. The third-order valence-electron chi connectivity index (χ3n) is 4.97. The number of aliphatic hydroxyl groups is 1. The van der Waals surface area contributed by atoms with Gasteiger partial charge < -0.3 is 9.84 Å². The second kappa shape index (κ2) is 10.0. The summed E-state index contributed by atoms with van der Waals surface area (Å²) in [7, 11) is 0. The third kappa shape index (κ3) is 5.19. The molecule has 3 rings (SSSR count). The summed E-state index contributed by atoms with van der Waals surface area (Å²) >= 11 is 0. The summed E-state index contributed by atoms with van der Waals surface area (Å²) in [5.74, 6) is 0.299. The lowest BCUT2D eigenvalue weighted by molar-refractivity contribution is -0.124. The van der Waals surface area contributed by atoms with Gasteiger partial charge in [0.1, 0.15) is 12.4 Å². The monoisotopic (exact) mass is 382 g/mol. The number of benzene rings is 2. The van der Waals surface area contributed by atoms with Crippen molar-refractivity contribution in [2.75, 3.05) is 26.3 Å². The molecule has 3 N–H and O–H groups in total. The number of amides is 1. The van der Waals surface area contributed by atoms with E-state index in [9.17, 15) is 9.90 Å². The van der Waals surface area contributed by atoms with Crippen LogP contribution in [0.25, 0.3) is 6.08 Å². The first-order valence-electron chi connectivity index (χ1n) is 9.49. The average Bonchev–Trinajstić information content (AvgIpc) is 3.15. The minimum Gasteiger partial charge on any atom is -0.492 e. The number of rotatable bonds is 9. The van der Waals surface area contributed by atoms with Gasteiger partial charge in [0.15, 0.2) is 0 Å². The Labute approximate surface area is 165 Å². The van der Waals surface area contributed by atoms with Gasteiger partial charge in [-0.2, -0.15) is 0 Å². The minimum absolute atomic E-state index is 0.105. The first-order chi connectivity index (χ1) is 13.7. The Hall–Kier alpha value is -2.67. The van der Waals surface area contributed by atoms with Crippen molar-refractivity contribution in [3.05, 3.63) is 71.3 Å². The molecule has 6 heteroatoms. The Morgan fingerprint density at radius 3 is 2.79 bits per heavy atom. The molecule has 2 aromatic rings. The quantitative estimate of drug-likeness (QED) is 0.353. The van der Waals surface area contributed by atoms with Gasteiger partial charge in [0.25, 0.3) is 5.91 Å². The lowest BCUT2D eigenvalue weighted by Crippen LogP contribution is -2.34. The van der Waals surface area contributed by atoms with Gasteiger partial charge in [0, 0.05) is 25.2 Å². The summed E-state index contributed by atoms with van der Waals surface area (Å²) in [6, 6.07) is 16.1. The van der Waals surface area contributed by atoms with E-state index in [-0.39, 0.29) is 12.6 Å². The third-order valence-corrected chi connectivity index (χ3v) is 4.97. The molecule has 0 saturated heterocycles. The molecule has 1 atom stereocenters. The van der Waals surface area contributed by atoms with Crippen LogP contribution in [0.5, 0.6) is 5.75 Å². The molecule has 0 aliphatic heterocycles. The second-order valence-electron chi connectivity index (χ2n) is 6.74. The number of hydrogen-bond acceptors (Lipinski definition) is 5. The number of aliphatic hydroxyl groups excluding tert-OH is 1. The van der Waals surface area contributed by atoms with Crippen LogP contribution in [0, 0.1) is 0 Å². The molecule has 0 radical (unpaired) electrons. The van der Waals surface area contributed by atoms with Crippen molar-refractivity contribution in [1.29, 1.82) is 0 Å². The van der Waals surface area contributed by atoms with E-state index in [1.807, 2.05) is 36.4 Å². The smallest absolute Gasteiger partial charge is 0.267 e. The zero-order valence-corrected chi connectivity index (χ0v) is 15.8. The number of nitrogens with zero attached hydrogens (tertiary/aromatic N) is 1. The van der Waals surface area contributed by atoms with E-state index in [1.165, 1.54) is 17.2 Å². The van der Waals surface area contributed by atoms with Crippen molar-refractivity contribution in [3.63, 3.8) is 0 Å². The van der Waals surface area contributed by atoms with Crippen LogP contribution >= 0.6 is 0 Å². The normalized spacial score (nSPS) is 15.8. The van der Waals surface area contributed by atoms with Crippen molar-refractivity contribution in [2.45, 2.75) is 18.9 Å². The lowest BCUT2D eigenvalue weighted by atomic mass is 10.0. The van der Waals surface area contributed by atoms with Crippen molar-refractivity contribution in [3.8, 4) is 5.75 Å². The highest BCUT2D eigenvalue weighted by Gasteiger charge is 2.27. The molecule has 28 heavy (non-hydrogen) atoms. The van der Waals surface area contributed by atoms with E-state index in [2.05, 4.69) is 17.0 Å². The van der Waals surface area contributed by atoms with Crippen LogP contribution in [0.3, 0.4) is 0 Å². The van der Waals surface area contributed by atoms with E-state index in [4.69, 9.17) is 9.94 Å². The van der Waals surface area contributed by atoms with Crippen LogP contribution < -0.4 is 10.2 Å². The highest BCUT2D eigenvalue weighted by molar-refractivity contribution is 5.90. The molecule has 1 unspecified atom stereocenters. The van der Waals surface area contributed by atoms with E-state index in [0.717, 1.165) is 30.7 Å². The molecule has 0 bridgehead atoms. The number of nitrogens with one attached hydrogen (secondary N) is 1. The Kier molecular flexibility index (Phi) is 7.19. The lowest BCUT2D eigenvalue weighted by Gasteiger charge is -2.29. The van der Waals surface area contributed by atoms with Crippen LogP contribution in [0.4, 0.5) is 0 Å². The number of fused-ring (bicyclic) bond motifs is 1. The molecule has 1 aliphatic carbocycles. The van der Waals surface area contributed by atoms with Crippen LogP contribution in [0.2, 0.25) is 0 Å². The van der Waals surface area contributed by atoms with Gasteiger partial charge in [-0.3, -0.25) is 14.9 Å². The number of hydroxylamine groups is 1. The number of hydrogen-bond donors (Lipinski definition) is 3. The van der Waals surface area contributed by atoms with Crippen molar-refractivity contribution in [2.24, 2.45) is 0 Å². The standard InChI is InChI=1S/C22H26N2O4/c25-14-12-24(13-15-28-19-4-2-1-3-5-19)21-10-8-18-16-17(6-9-20(18)21)7-11-22(26)23-27/h1-7,9,11,16,21,25,27H,8,10,12-15H2,(H,23,26). The molecule has 2 aromatic carbocycles. The predicted octanol–water partition coefficient (Wildman–Crippen LogP) is 2.57. The van der Waals surface area contributed by atoms with Gasteiger partial charge in [0.2, 0.25) is 0 Å². The topological polar surface area (TPSA) is 82.0 Å².